The minimum atomic E-state index is -3.76. The van der Waals surface area contributed by atoms with Gasteiger partial charge in [-0.25, -0.2) is 17.9 Å². The van der Waals surface area contributed by atoms with Gasteiger partial charge in [-0.3, -0.25) is 0 Å². The van der Waals surface area contributed by atoms with Gasteiger partial charge in [-0.05, 0) is 28.1 Å². The summed E-state index contributed by atoms with van der Waals surface area (Å²) < 4.78 is 27.8. The van der Waals surface area contributed by atoms with Crippen molar-refractivity contribution in [1.29, 1.82) is 0 Å². The van der Waals surface area contributed by atoms with E-state index in [-0.39, 0.29) is 29.7 Å². The quantitative estimate of drug-likeness (QED) is 0.471. The van der Waals surface area contributed by atoms with Crippen LogP contribution in [0.5, 0.6) is 0 Å². The average molecular weight is 444 g/mol. The Morgan fingerprint density at radius 1 is 1.29 bits per heavy atom. The van der Waals surface area contributed by atoms with Gasteiger partial charge in [0.25, 0.3) is 0 Å². The lowest BCUT2D eigenvalue weighted by Crippen LogP contribution is -2.39. The van der Waals surface area contributed by atoms with Crippen molar-refractivity contribution in [3.63, 3.8) is 0 Å². The van der Waals surface area contributed by atoms with Gasteiger partial charge >= 0.3 is 6.03 Å². The number of nitrogens with two attached hydrogens (primary N) is 1. The summed E-state index contributed by atoms with van der Waals surface area (Å²) in [6.07, 6.45) is 0. The van der Waals surface area contributed by atoms with Crippen molar-refractivity contribution < 1.29 is 13.2 Å². The molecule has 10 heteroatoms. The van der Waals surface area contributed by atoms with E-state index in [2.05, 4.69) is 41.9 Å². The zero-order valence-electron chi connectivity index (χ0n) is 11.5. The van der Waals surface area contributed by atoms with E-state index < -0.39 is 10.0 Å². The molecule has 0 radical (unpaired) electrons. The number of urea groups is 1. The summed E-state index contributed by atoms with van der Waals surface area (Å²) in [5.41, 5.74) is 5.87. The number of nitrogens with one attached hydrogen (secondary N) is 2. The number of hydrogen-bond acceptors (Lipinski definition) is 4. The highest BCUT2D eigenvalue weighted by molar-refractivity contribution is 9.11. The van der Waals surface area contributed by atoms with Gasteiger partial charge in [0.1, 0.15) is 4.90 Å². The summed E-state index contributed by atoms with van der Waals surface area (Å²) in [5.74, 6) is 0. The van der Waals surface area contributed by atoms with Crippen molar-refractivity contribution in [3.05, 3.63) is 21.1 Å². The lowest BCUT2D eigenvalue weighted by Gasteiger charge is -2.14. The third-order valence-corrected chi connectivity index (χ3v) is 5.33. The lowest BCUT2D eigenvalue weighted by atomic mass is 10.3. The summed E-state index contributed by atoms with van der Waals surface area (Å²) >= 11 is 6.41. The number of sulfonamides is 1. The normalized spacial score (nSPS) is 11.2. The number of halogens is 2. The number of anilines is 1. The Morgan fingerprint density at radius 2 is 1.90 bits per heavy atom. The van der Waals surface area contributed by atoms with E-state index in [4.69, 9.17) is 5.73 Å². The molecule has 0 aliphatic rings. The Morgan fingerprint density at radius 3 is 2.43 bits per heavy atom. The first-order chi connectivity index (χ1) is 9.65. The lowest BCUT2D eigenvalue weighted by molar-refractivity contribution is 0.217. The van der Waals surface area contributed by atoms with Crippen molar-refractivity contribution in [2.24, 2.45) is 0 Å². The van der Waals surface area contributed by atoms with Gasteiger partial charge in [-0.1, -0.05) is 15.9 Å². The number of nitrogen functional groups attached to an aromatic ring is 1. The van der Waals surface area contributed by atoms with E-state index in [1.807, 2.05) is 0 Å². The Kier molecular flexibility index (Phi) is 6.44. The molecule has 118 valence electrons. The van der Waals surface area contributed by atoms with Crippen molar-refractivity contribution in [2.75, 3.05) is 32.9 Å². The van der Waals surface area contributed by atoms with E-state index in [1.165, 1.54) is 11.0 Å². The van der Waals surface area contributed by atoms with Crippen molar-refractivity contribution >= 4 is 53.6 Å². The summed E-state index contributed by atoms with van der Waals surface area (Å²) in [6, 6.07) is 2.81. The fraction of sp³-hybridized carbons (Fsp3) is 0.364. The van der Waals surface area contributed by atoms with Crippen LogP contribution in [0.3, 0.4) is 0 Å². The zero-order chi connectivity index (χ0) is 16.2. The molecule has 0 spiro atoms. The molecule has 0 aliphatic heterocycles. The molecule has 7 nitrogen and oxygen atoms in total. The van der Waals surface area contributed by atoms with Gasteiger partial charge in [-0.2, -0.15) is 0 Å². The molecule has 0 atom stereocenters. The summed E-state index contributed by atoms with van der Waals surface area (Å²) in [4.78, 5) is 12.6. The number of rotatable bonds is 5. The molecule has 21 heavy (non-hydrogen) atoms. The summed E-state index contributed by atoms with van der Waals surface area (Å²) in [6.45, 7) is 0.230. The fourth-order valence-electron chi connectivity index (χ4n) is 1.45. The maximum atomic E-state index is 12.2. The van der Waals surface area contributed by atoms with E-state index in [0.717, 1.165) is 0 Å². The number of benzene rings is 1. The molecule has 0 fully saturated rings. The van der Waals surface area contributed by atoms with Gasteiger partial charge in [-0.15, -0.1) is 0 Å². The maximum Gasteiger partial charge on any atom is 0.316 e. The van der Waals surface area contributed by atoms with E-state index in [9.17, 15) is 13.2 Å². The van der Waals surface area contributed by atoms with Crippen LogP contribution in [0, 0.1) is 0 Å². The molecule has 0 bridgehead atoms. The highest BCUT2D eigenvalue weighted by Crippen LogP contribution is 2.31. The fourth-order valence-corrected chi connectivity index (χ4v) is 4.55. The summed E-state index contributed by atoms with van der Waals surface area (Å²) in [7, 11) is -0.571. The molecule has 1 aromatic rings. The predicted octanol–water partition coefficient (Wildman–Crippen LogP) is 1.34. The van der Waals surface area contributed by atoms with Gasteiger partial charge in [0.2, 0.25) is 10.0 Å². The van der Waals surface area contributed by atoms with Gasteiger partial charge in [0.15, 0.2) is 0 Å². The smallest absolute Gasteiger partial charge is 0.316 e. The van der Waals surface area contributed by atoms with Crippen LogP contribution in [0.25, 0.3) is 0 Å². The van der Waals surface area contributed by atoms with Crippen molar-refractivity contribution in [1.82, 2.24) is 14.9 Å². The monoisotopic (exact) mass is 442 g/mol. The number of carbonyl (C=O) groups excluding carboxylic acids is 1. The Balaban J connectivity index is 2.73. The second kappa shape index (κ2) is 7.43. The molecule has 2 amide bonds. The number of hydrogen-bond donors (Lipinski definition) is 3. The van der Waals surface area contributed by atoms with E-state index in [0.29, 0.717) is 8.95 Å². The maximum absolute atomic E-state index is 12.2. The van der Waals surface area contributed by atoms with Crippen molar-refractivity contribution in [2.45, 2.75) is 4.90 Å². The number of nitrogens with zero attached hydrogens (tertiary/aromatic N) is 1. The minimum Gasteiger partial charge on any atom is -0.398 e. The molecule has 0 saturated heterocycles. The highest BCUT2D eigenvalue weighted by atomic mass is 79.9. The van der Waals surface area contributed by atoms with Crippen LogP contribution in [0.1, 0.15) is 0 Å². The summed E-state index contributed by atoms with van der Waals surface area (Å²) in [5, 5.41) is 2.55. The second-order valence-corrected chi connectivity index (χ2v) is 7.80. The molecule has 1 rings (SSSR count). The molecule has 0 aliphatic carbocycles. The van der Waals surface area contributed by atoms with Crippen LogP contribution in [0.15, 0.2) is 26.0 Å². The van der Waals surface area contributed by atoms with Crippen LogP contribution < -0.4 is 15.8 Å². The molecule has 1 aromatic carbocycles. The van der Waals surface area contributed by atoms with E-state index in [1.54, 1.807) is 20.2 Å². The zero-order valence-corrected chi connectivity index (χ0v) is 15.5. The molecule has 0 heterocycles. The molecule has 0 aromatic heterocycles. The minimum absolute atomic E-state index is 0.0235. The second-order valence-electron chi connectivity index (χ2n) is 4.33. The number of carbonyl (C=O) groups is 1. The standard InChI is InChI=1S/C11H16Br2N4O3S/c1-17(2)11(18)15-3-4-16-21(19,20)10-8(13)5-7(12)6-9(10)14/h5-6,16H,3-4,14H2,1-2H3,(H,15,18). The Bertz CT molecular complexity index is 611. The third kappa shape index (κ3) is 5.13. The van der Waals surface area contributed by atoms with Gasteiger partial charge < -0.3 is 16.0 Å². The van der Waals surface area contributed by atoms with Gasteiger partial charge in [0.05, 0.1) is 5.69 Å². The molecular weight excluding hydrogens is 428 g/mol. The third-order valence-electron chi connectivity index (χ3n) is 2.41. The van der Waals surface area contributed by atoms with Crippen molar-refractivity contribution in [3.8, 4) is 0 Å². The Hall–Kier alpha value is -0.840. The van der Waals surface area contributed by atoms with Crippen LogP contribution >= 0.6 is 31.9 Å². The SMILES string of the molecule is CN(C)C(=O)NCCNS(=O)(=O)c1c(N)cc(Br)cc1Br. The average Bonchev–Trinajstić information content (AvgIpc) is 2.32. The number of amides is 2. The molecule has 0 unspecified atom stereocenters. The first-order valence-corrected chi connectivity index (χ1v) is 8.91. The van der Waals surface area contributed by atoms with Crippen LogP contribution in [-0.2, 0) is 10.0 Å². The molecular formula is C11H16Br2N4O3S. The Labute approximate surface area is 140 Å². The molecule has 4 N–H and O–H groups in total. The first-order valence-electron chi connectivity index (χ1n) is 5.84. The van der Waals surface area contributed by atoms with Crippen LogP contribution in [0.4, 0.5) is 10.5 Å². The van der Waals surface area contributed by atoms with Crippen LogP contribution in [0.2, 0.25) is 0 Å². The van der Waals surface area contributed by atoms with Crippen LogP contribution in [-0.4, -0.2) is 46.5 Å². The topological polar surface area (TPSA) is 105 Å². The van der Waals surface area contributed by atoms with E-state index >= 15 is 0 Å². The largest absolute Gasteiger partial charge is 0.398 e. The first kappa shape index (κ1) is 18.2. The molecule has 0 saturated carbocycles. The van der Waals surface area contributed by atoms with Gasteiger partial charge in [0, 0.05) is 36.1 Å². The highest BCUT2D eigenvalue weighted by Gasteiger charge is 2.21. The predicted molar refractivity (Wildman–Crippen MR) is 88.5 cm³/mol.